The van der Waals surface area contributed by atoms with Crippen molar-refractivity contribution in [3.05, 3.63) is 55.5 Å². The molecule has 0 unspecified atom stereocenters. The highest BCUT2D eigenvalue weighted by molar-refractivity contribution is 5.33. The van der Waals surface area contributed by atoms with Gasteiger partial charge in [0.15, 0.2) is 0 Å². The van der Waals surface area contributed by atoms with Crippen molar-refractivity contribution in [2.24, 2.45) is 0 Å². The zero-order valence-electron chi connectivity index (χ0n) is 6.64. The summed E-state index contributed by atoms with van der Waals surface area (Å²) in [4.78, 5) is 4.04. The summed E-state index contributed by atoms with van der Waals surface area (Å²) in [6.45, 7) is 3.81. The zero-order chi connectivity index (χ0) is 8.39. The van der Waals surface area contributed by atoms with Crippen LogP contribution in [-0.4, -0.2) is 9.55 Å². The van der Waals surface area contributed by atoms with Crippen LogP contribution in [0.3, 0.4) is 0 Å². The van der Waals surface area contributed by atoms with Crippen LogP contribution in [0, 0.1) is 6.92 Å². The fourth-order valence-electron chi connectivity index (χ4n) is 1.16. The minimum Gasteiger partial charge on any atom is -0.304 e. The molecule has 0 amide bonds. The Morgan fingerprint density at radius 2 is 1.92 bits per heavy atom. The molecule has 2 nitrogen and oxygen atoms in total. The second kappa shape index (κ2) is 2.81. The van der Waals surface area contributed by atoms with E-state index in [1.54, 1.807) is 6.20 Å². The number of nitrogens with zero attached hydrogens (tertiary/aromatic N) is 2. The van der Waals surface area contributed by atoms with Crippen LogP contribution in [0.15, 0.2) is 42.7 Å². The van der Waals surface area contributed by atoms with Gasteiger partial charge in [-0.3, -0.25) is 0 Å². The topological polar surface area (TPSA) is 17.8 Å². The van der Waals surface area contributed by atoms with E-state index in [1.165, 1.54) is 0 Å². The van der Waals surface area contributed by atoms with Gasteiger partial charge in [0.1, 0.15) is 5.82 Å². The van der Waals surface area contributed by atoms with E-state index in [1.807, 2.05) is 41.1 Å². The van der Waals surface area contributed by atoms with Crippen molar-refractivity contribution in [2.45, 2.75) is 0 Å². The van der Waals surface area contributed by atoms with Crippen LogP contribution in [0.25, 0.3) is 5.69 Å². The van der Waals surface area contributed by atoms with E-state index in [9.17, 15) is 0 Å². The number of rotatable bonds is 1. The van der Waals surface area contributed by atoms with E-state index >= 15 is 0 Å². The molecule has 1 aromatic carbocycles. The van der Waals surface area contributed by atoms with Gasteiger partial charge in [0.05, 0.1) is 0 Å². The highest BCUT2D eigenvalue weighted by atomic mass is 15.1. The monoisotopic (exact) mass is 157 g/mol. The van der Waals surface area contributed by atoms with Gasteiger partial charge >= 0.3 is 0 Å². The van der Waals surface area contributed by atoms with Gasteiger partial charge in [0.2, 0.25) is 0 Å². The van der Waals surface area contributed by atoms with Crippen LogP contribution < -0.4 is 0 Å². The Kier molecular flexibility index (Phi) is 1.67. The molecule has 2 heteroatoms. The van der Waals surface area contributed by atoms with Gasteiger partial charge in [0.25, 0.3) is 0 Å². The molecule has 0 aliphatic rings. The Morgan fingerprint density at radius 3 is 2.50 bits per heavy atom. The van der Waals surface area contributed by atoms with Crippen LogP contribution in [0.2, 0.25) is 0 Å². The molecule has 59 valence electrons. The molecular formula is C10H9N2. The maximum Gasteiger partial charge on any atom is 0.113 e. The van der Waals surface area contributed by atoms with Gasteiger partial charge in [-0.2, -0.15) is 0 Å². The third-order valence-corrected chi connectivity index (χ3v) is 1.75. The third-order valence-electron chi connectivity index (χ3n) is 1.75. The van der Waals surface area contributed by atoms with E-state index in [4.69, 9.17) is 0 Å². The van der Waals surface area contributed by atoms with Crippen molar-refractivity contribution in [3.8, 4) is 5.69 Å². The van der Waals surface area contributed by atoms with Gasteiger partial charge in [-0.05, 0) is 12.1 Å². The molecule has 0 aliphatic carbocycles. The first kappa shape index (κ1) is 7.10. The van der Waals surface area contributed by atoms with Crippen molar-refractivity contribution >= 4 is 0 Å². The summed E-state index contributed by atoms with van der Waals surface area (Å²) < 4.78 is 1.94. The van der Waals surface area contributed by atoms with E-state index in [0.29, 0.717) is 0 Å². The van der Waals surface area contributed by atoms with Gasteiger partial charge in [-0.1, -0.05) is 18.2 Å². The van der Waals surface area contributed by atoms with Gasteiger partial charge in [-0.15, -0.1) is 0 Å². The summed E-state index contributed by atoms with van der Waals surface area (Å²) in [5, 5.41) is 0. The summed E-state index contributed by atoms with van der Waals surface area (Å²) in [6, 6.07) is 10.0. The first-order valence-electron chi connectivity index (χ1n) is 3.78. The number of imidazole rings is 1. The molecule has 0 N–H and O–H groups in total. The molecule has 1 radical (unpaired) electrons. The summed E-state index contributed by atoms with van der Waals surface area (Å²) in [5.41, 5.74) is 1.10. The number of benzene rings is 1. The molecule has 12 heavy (non-hydrogen) atoms. The highest BCUT2D eigenvalue weighted by Crippen LogP contribution is 2.08. The molecule has 0 saturated carbocycles. The number of hydrogen-bond donors (Lipinski definition) is 0. The van der Waals surface area contributed by atoms with Crippen molar-refractivity contribution in [1.82, 2.24) is 9.55 Å². The molecule has 0 aliphatic heterocycles. The van der Waals surface area contributed by atoms with Crippen LogP contribution in [0.1, 0.15) is 5.82 Å². The van der Waals surface area contributed by atoms with Gasteiger partial charge in [0, 0.05) is 25.0 Å². The van der Waals surface area contributed by atoms with Crippen molar-refractivity contribution < 1.29 is 0 Å². The quantitative estimate of drug-likeness (QED) is 0.619. The minimum atomic E-state index is 0.765. The largest absolute Gasteiger partial charge is 0.304 e. The van der Waals surface area contributed by atoms with E-state index in [2.05, 4.69) is 11.9 Å². The molecule has 2 rings (SSSR count). The Morgan fingerprint density at radius 1 is 1.17 bits per heavy atom. The number of aromatic nitrogens is 2. The molecule has 1 aromatic heterocycles. The van der Waals surface area contributed by atoms with Crippen molar-refractivity contribution in [2.75, 3.05) is 0 Å². The lowest BCUT2D eigenvalue weighted by Gasteiger charge is -2.02. The van der Waals surface area contributed by atoms with E-state index in [0.717, 1.165) is 11.5 Å². The van der Waals surface area contributed by atoms with Gasteiger partial charge < -0.3 is 4.57 Å². The summed E-state index contributed by atoms with van der Waals surface area (Å²) >= 11 is 0. The second-order valence-corrected chi connectivity index (χ2v) is 2.55. The standard InChI is InChI=1S/C10H9N2/c1-9-11-7-8-12(9)10-5-3-2-4-6-10/h2-8H,1H2. The van der Waals surface area contributed by atoms with Crippen molar-refractivity contribution in [3.63, 3.8) is 0 Å². The van der Waals surface area contributed by atoms with Crippen LogP contribution in [0.5, 0.6) is 0 Å². The number of para-hydroxylation sites is 1. The lowest BCUT2D eigenvalue weighted by Crippen LogP contribution is -1.93. The average molecular weight is 157 g/mol. The highest BCUT2D eigenvalue weighted by Gasteiger charge is 1.97. The molecule has 0 bridgehead atoms. The molecule has 1 heterocycles. The average Bonchev–Trinajstić information content (AvgIpc) is 2.53. The maximum atomic E-state index is 4.04. The van der Waals surface area contributed by atoms with E-state index < -0.39 is 0 Å². The summed E-state index contributed by atoms with van der Waals surface area (Å²) in [5.74, 6) is 0.765. The maximum absolute atomic E-state index is 4.04. The normalized spacial score (nSPS) is 10.1. The minimum absolute atomic E-state index is 0.765. The lowest BCUT2D eigenvalue weighted by molar-refractivity contribution is 1.02. The summed E-state index contributed by atoms with van der Waals surface area (Å²) in [7, 11) is 0. The first-order valence-corrected chi connectivity index (χ1v) is 3.78. The SMILES string of the molecule is [CH2]c1nccn1-c1ccccc1. The van der Waals surface area contributed by atoms with Crippen molar-refractivity contribution in [1.29, 1.82) is 0 Å². The van der Waals surface area contributed by atoms with Crippen LogP contribution >= 0.6 is 0 Å². The molecule has 2 aromatic rings. The molecular weight excluding hydrogens is 148 g/mol. The predicted octanol–water partition coefficient (Wildman–Crippen LogP) is 2.05. The predicted molar refractivity (Wildman–Crippen MR) is 48.0 cm³/mol. The van der Waals surface area contributed by atoms with Gasteiger partial charge in [-0.25, -0.2) is 4.98 Å². The molecule has 0 saturated heterocycles. The Bertz CT molecular complexity index is 362. The molecule has 0 atom stereocenters. The third kappa shape index (κ3) is 1.11. The molecule has 0 spiro atoms. The van der Waals surface area contributed by atoms with Crippen LogP contribution in [0.4, 0.5) is 0 Å². The smallest absolute Gasteiger partial charge is 0.113 e. The Hall–Kier alpha value is -1.57. The number of hydrogen-bond acceptors (Lipinski definition) is 1. The lowest BCUT2D eigenvalue weighted by atomic mass is 10.3. The zero-order valence-corrected chi connectivity index (χ0v) is 6.64. The summed E-state index contributed by atoms with van der Waals surface area (Å²) in [6.07, 6.45) is 3.65. The fourth-order valence-corrected chi connectivity index (χ4v) is 1.16. The molecule has 0 fully saturated rings. The fraction of sp³-hybridized carbons (Fsp3) is 0. The first-order chi connectivity index (χ1) is 5.88. The second-order valence-electron chi connectivity index (χ2n) is 2.55. The Labute approximate surface area is 71.5 Å². The van der Waals surface area contributed by atoms with Crippen LogP contribution in [-0.2, 0) is 0 Å². The van der Waals surface area contributed by atoms with E-state index in [-0.39, 0.29) is 0 Å². The Balaban J connectivity index is 2.51.